The number of nitro groups is 2. The maximum atomic E-state index is 12.5. The first kappa shape index (κ1) is 19.5. The molecule has 0 fully saturated rings. The summed E-state index contributed by atoms with van der Waals surface area (Å²) in [7, 11) is 1.28. The average molecular weight is 384 g/mol. The minimum atomic E-state index is -1.06. The van der Waals surface area contributed by atoms with Crippen molar-refractivity contribution < 1.29 is 19.4 Å². The Morgan fingerprint density at radius 2 is 1.93 bits per heavy atom. The summed E-state index contributed by atoms with van der Waals surface area (Å²) in [6.07, 6.45) is 1.11. The Bertz CT molecular complexity index is 913. The molecule has 0 aliphatic heterocycles. The molecule has 8 heteroatoms. The molecule has 146 valence electrons. The molecule has 1 aliphatic carbocycles. The van der Waals surface area contributed by atoms with Crippen molar-refractivity contribution in [2.45, 2.75) is 31.2 Å². The summed E-state index contributed by atoms with van der Waals surface area (Å²) in [5, 5.41) is 22.9. The highest BCUT2D eigenvalue weighted by molar-refractivity contribution is 5.79. The van der Waals surface area contributed by atoms with Gasteiger partial charge in [0, 0.05) is 29.4 Å². The number of ether oxygens (including phenoxy) is 1. The number of hydrogen-bond donors (Lipinski definition) is 0. The molecule has 0 radical (unpaired) electrons. The minimum Gasteiger partial charge on any atom is -0.469 e. The molecule has 0 amide bonds. The number of carbonyl (C=O) groups excluding carboxylic acids is 1. The Hall–Kier alpha value is -3.29. The Labute approximate surface area is 161 Å². The van der Waals surface area contributed by atoms with Crippen molar-refractivity contribution in [3.63, 3.8) is 0 Å². The molecule has 1 aliphatic rings. The maximum absolute atomic E-state index is 12.5. The van der Waals surface area contributed by atoms with E-state index in [4.69, 9.17) is 4.74 Å². The number of carbonyl (C=O) groups is 1. The predicted octanol–water partition coefficient (Wildman–Crippen LogP) is 3.30. The molecule has 3 unspecified atom stereocenters. The van der Waals surface area contributed by atoms with Crippen molar-refractivity contribution >= 4 is 11.7 Å². The van der Waals surface area contributed by atoms with Crippen LogP contribution in [0.25, 0.3) is 0 Å². The lowest BCUT2D eigenvalue weighted by molar-refractivity contribution is -0.533. The minimum absolute atomic E-state index is 0.00894. The van der Waals surface area contributed by atoms with Crippen LogP contribution in [0.4, 0.5) is 5.69 Å². The lowest BCUT2D eigenvalue weighted by Gasteiger charge is -2.33. The van der Waals surface area contributed by atoms with Crippen LogP contribution in [0.15, 0.2) is 48.5 Å². The van der Waals surface area contributed by atoms with Crippen molar-refractivity contribution in [1.82, 2.24) is 0 Å². The number of non-ortho nitro benzene ring substituents is 1. The number of aryl methyl sites for hydroxylation is 1. The largest absolute Gasteiger partial charge is 0.469 e. The van der Waals surface area contributed by atoms with Gasteiger partial charge in [0.05, 0.1) is 18.0 Å². The van der Waals surface area contributed by atoms with Crippen LogP contribution in [-0.2, 0) is 22.4 Å². The van der Waals surface area contributed by atoms with Gasteiger partial charge in [-0.2, -0.15) is 0 Å². The molecule has 0 spiro atoms. The highest BCUT2D eigenvalue weighted by atomic mass is 16.6. The van der Waals surface area contributed by atoms with Crippen LogP contribution in [0.2, 0.25) is 0 Å². The van der Waals surface area contributed by atoms with E-state index in [-0.39, 0.29) is 17.0 Å². The molecule has 8 nitrogen and oxygen atoms in total. The molecule has 0 saturated heterocycles. The SMILES string of the molecule is COC(=O)C1c2ccccc2CCC1C(Cc1cccc([N+](=O)[O-])c1)[N+](=O)[O-]. The third kappa shape index (κ3) is 3.85. The summed E-state index contributed by atoms with van der Waals surface area (Å²) in [6, 6.07) is 12.2. The second-order valence-corrected chi connectivity index (χ2v) is 6.89. The number of rotatable bonds is 6. The third-order valence-corrected chi connectivity index (χ3v) is 5.35. The van der Waals surface area contributed by atoms with Crippen LogP contribution in [-0.4, -0.2) is 29.0 Å². The zero-order chi connectivity index (χ0) is 20.3. The van der Waals surface area contributed by atoms with Crippen LogP contribution in [0.1, 0.15) is 29.0 Å². The summed E-state index contributed by atoms with van der Waals surface area (Å²) in [5.41, 5.74) is 2.14. The number of benzene rings is 2. The van der Waals surface area contributed by atoms with Crippen molar-refractivity contribution in [2.75, 3.05) is 7.11 Å². The third-order valence-electron chi connectivity index (χ3n) is 5.35. The summed E-state index contributed by atoms with van der Waals surface area (Å²) in [5.74, 6) is -1.79. The molecule has 2 aromatic carbocycles. The molecule has 0 saturated carbocycles. The van der Waals surface area contributed by atoms with E-state index >= 15 is 0 Å². The van der Waals surface area contributed by atoms with Crippen molar-refractivity contribution in [3.8, 4) is 0 Å². The Morgan fingerprint density at radius 3 is 2.61 bits per heavy atom. The molecule has 28 heavy (non-hydrogen) atoms. The first-order valence-electron chi connectivity index (χ1n) is 8.94. The van der Waals surface area contributed by atoms with Gasteiger partial charge in [0.1, 0.15) is 0 Å². The Balaban J connectivity index is 1.97. The number of esters is 1. The van der Waals surface area contributed by atoms with Gasteiger partial charge in [-0.3, -0.25) is 25.0 Å². The molecule has 3 atom stereocenters. The molecule has 0 N–H and O–H groups in total. The number of hydrogen-bond acceptors (Lipinski definition) is 6. The van der Waals surface area contributed by atoms with Gasteiger partial charge in [-0.05, 0) is 29.5 Å². The van der Waals surface area contributed by atoms with Gasteiger partial charge in [0.15, 0.2) is 0 Å². The van der Waals surface area contributed by atoms with Crippen LogP contribution in [0.3, 0.4) is 0 Å². The smallest absolute Gasteiger partial charge is 0.313 e. The summed E-state index contributed by atoms with van der Waals surface area (Å²) >= 11 is 0. The van der Waals surface area contributed by atoms with Crippen molar-refractivity contribution in [3.05, 3.63) is 85.4 Å². The monoisotopic (exact) mass is 384 g/mol. The normalized spacial score (nSPS) is 19.3. The summed E-state index contributed by atoms with van der Waals surface area (Å²) in [4.78, 5) is 34.5. The number of methoxy groups -OCH3 is 1. The van der Waals surface area contributed by atoms with E-state index in [0.717, 1.165) is 11.1 Å². The Morgan fingerprint density at radius 1 is 1.18 bits per heavy atom. The second kappa shape index (κ2) is 8.16. The number of nitro benzene ring substituents is 1. The van der Waals surface area contributed by atoms with Crippen LogP contribution >= 0.6 is 0 Å². The molecule has 2 aromatic rings. The van der Waals surface area contributed by atoms with E-state index in [2.05, 4.69) is 0 Å². The molecular formula is C20H20N2O6. The van der Waals surface area contributed by atoms with Gasteiger partial charge < -0.3 is 4.74 Å². The van der Waals surface area contributed by atoms with E-state index in [1.165, 1.54) is 25.3 Å². The number of fused-ring (bicyclic) bond motifs is 1. The lowest BCUT2D eigenvalue weighted by atomic mass is 9.71. The van der Waals surface area contributed by atoms with E-state index in [1.54, 1.807) is 12.1 Å². The molecule has 0 heterocycles. The highest BCUT2D eigenvalue weighted by Gasteiger charge is 2.45. The zero-order valence-electron chi connectivity index (χ0n) is 15.3. The fraction of sp³-hybridized carbons (Fsp3) is 0.350. The van der Waals surface area contributed by atoms with Gasteiger partial charge in [0.25, 0.3) is 5.69 Å². The van der Waals surface area contributed by atoms with Crippen LogP contribution < -0.4 is 0 Å². The predicted molar refractivity (Wildman–Crippen MR) is 101 cm³/mol. The molecule has 3 rings (SSSR count). The standard InChI is InChI=1S/C20H20N2O6/c1-28-20(23)19-16-8-3-2-6-14(16)9-10-17(19)18(22(26)27)12-13-5-4-7-15(11-13)21(24)25/h2-8,11,17-19H,9-10,12H2,1H3. The van der Waals surface area contributed by atoms with E-state index in [9.17, 15) is 25.0 Å². The first-order chi connectivity index (χ1) is 13.4. The van der Waals surface area contributed by atoms with Gasteiger partial charge in [0.2, 0.25) is 6.04 Å². The second-order valence-electron chi connectivity index (χ2n) is 6.89. The highest BCUT2D eigenvalue weighted by Crippen LogP contribution is 2.40. The Kier molecular flexibility index (Phi) is 5.67. The lowest BCUT2D eigenvalue weighted by Crippen LogP contribution is -2.41. The van der Waals surface area contributed by atoms with Gasteiger partial charge >= 0.3 is 5.97 Å². The number of nitrogens with zero attached hydrogens (tertiary/aromatic N) is 2. The molecule has 0 bridgehead atoms. The van der Waals surface area contributed by atoms with Crippen molar-refractivity contribution in [1.29, 1.82) is 0 Å². The van der Waals surface area contributed by atoms with Gasteiger partial charge in [-0.1, -0.05) is 36.4 Å². The summed E-state index contributed by atoms with van der Waals surface area (Å²) < 4.78 is 4.96. The first-order valence-corrected chi connectivity index (χ1v) is 8.94. The van der Waals surface area contributed by atoms with Gasteiger partial charge in [-0.15, -0.1) is 0 Å². The van der Waals surface area contributed by atoms with Gasteiger partial charge in [-0.25, -0.2) is 0 Å². The average Bonchev–Trinajstić information content (AvgIpc) is 2.70. The quantitative estimate of drug-likeness (QED) is 0.429. The van der Waals surface area contributed by atoms with E-state index < -0.39 is 28.8 Å². The fourth-order valence-electron chi connectivity index (χ4n) is 4.05. The molecular weight excluding hydrogens is 364 g/mol. The fourth-order valence-corrected chi connectivity index (χ4v) is 4.05. The zero-order valence-corrected chi connectivity index (χ0v) is 15.3. The van der Waals surface area contributed by atoms with Crippen LogP contribution in [0.5, 0.6) is 0 Å². The topological polar surface area (TPSA) is 113 Å². The van der Waals surface area contributed by atoms with E-state index in [0.29, 0.717) is 18.4 Å². The maximum Gasteiger partial charge on any atom is 0.313 e. The molecule has 0 aromatic heterocycles. The summed E-state index contributed by atoms with van der Waals surface area (Å²) in [6.45, 7) is 0. The van der Waals surface area contributed by atoms with E-state index in [1.807, 2.05) is 18.2 Å². The van der Waals surface area contributed by atoms with Crippen LogP contribution in [0, 0.1) is 26.1 Å². The van der Waals surface area contributed by atoms with Crippen molar-refractivity contribution in [2.24, 2.45) is 5.92 Å².